The molecule has 22 heavy (non-hydrogen) atoms. The minimum atomic E-state index is 0.626. The van der Waals surface area contributed by atoms with Gasteiger partial charge in [-0.1, -0.05) is 19.3 Å². The quantitative estimate of drug-likeness (QED) is 0.828. The molecule has 2 aromatic rings. The zero-order chi connectivity index (χ0) is 14.8. The molecule has 1 saturated heterocycles. The van der Waals surface area contributed by atoms with Gasteiger partial charge in [-0.05, 0) is 55.2 Å². The topological polar surface area (TPSA) is 30.7 Å². The van der Waals surface area contributed by atoms with Gasteiger partial charge in [-0.15, -0.1) is 0 Å². The summed E-state index contributed by atoms with van der Waals surface area (Å²) in [6, 6.07) is 4.77. The van der Waals surface area contributed by atoms with Crippen molar-refractivity contribution < 1.29 is 0 Å². The Hall–Kier alpha value is -1.03. The molecule has 0 unspecified atom stereocenters. The summed E-state index contributed by atoms with van der Waals surface area (Å²) in [5.41, 5.74) is 2.21. The Morgan fingerprint density at radius 2 is 1.91 bits per heavy atom. The van der Waals surface area contributed by atoms with Crippen LogP contribution in [0.3, 0.4) is 0 Å². The second-order valence-corrected chi connectivity index (χ2v) is 8.02. The minimum absolute atomic E-state index is 0.626. The fourth-order valence-electron chi connectivity index (χ4n) is 4.05. The molecule has 2 aromatic heterocycles. The fraction of sp³-hybridized carbons (Fsp3) is 0.667. The van der Waals surface area contributed by atoms with E-state index in [0.717, 1.165) is 23.5 Å². The highest BCUT2D eigenvalue weighted by Crippen LogP contribution is 2.34. The zero-order valence-corrected chi connectivity index (χ0v) is 14.0. The molecule has 0 atom stereocenters. The summed E-state index contributed by atoms with van der Waals surface area (Å²) in [4.78, 5) is 9.64. The number of fused-ring (bicyclic) bond motifs is 1. The van der Waals surface area contributed by atoms with Crippen molar-refractivity contribution in [1.29, 1.82) is 0 Å². The van der Waals surface area contributed by atoms with Crippen LogP contribution in [0.5, 0.6) is 0 Å². The highest BCUT2D eigenvalue weighted by molar-refractivity contribution is 7.99. The van der Waals surface area contributed by atoms with E-state index in [1.807, 2.05) is 12.3 Å². The Morgan fingerprint density at radius 3 is 2.73 bits per heavy atom. The van der Waals surface area contributed by atoms with Crippen LogP contribution in [0.15, 0.2) is 18.3 Å². The van der Waals surface area contributed by atoms with Crippen LogP contribution in [0.1, 0.15) is 56.8 Å². The summed E-state index contributed by atoms with van der Waals surface area (Å²) >= 11 is 2.11. The van der Waals surface area contributed by atoms with Crippen molar-refractivity contribution in [2.45, 2.75) is 57.4 Å². The van der Waals surface area contributed by atoms with Crippen LogP contribution in [-0.4, -0.2) is 26.0 Å². The third kappa shape index (κ3) is 2.90. The van der Waals surface area contributed by atoms with Gasteiger partial charge in [0, 0.05) is 18.7 Å². The molecular weight excluding hydrogens is 290 g/mol. The highest BCUT2D eigenvalue weighted by Gasteiger charge is 2.24. The molecule has 4 rings (SSSR count). The number of pyridine rings is 1. The monoisotopic (exact) mass is 315 g/mol. The smallest absolute Gasteiger partial charge is 0.160 e. The third-order valence-electron chi connectivity index (χ3n) is 5.27. The predicted octanol–water partition coefficient (Wildman–Crippen LogP) is 4.62. The van der Waals surface area contributed by atoms with Crippen LogP contribution in [0.2, 0.25) is 0 Å². The molecular formula is C18H25N3S. The first kappa shape index (κ1) is 14.6. The summed E-state index contributed by atoms with van der Waals surface area (Å²) in [5, 5.41) is 0. The number of hydrogen-bond donors (Lipinski definition) is 0. The molecule has 1 aliphatic carbocycles. The lowest BCUT2D eigenvalue weighted by molar-refractivity contribution is 0.343. The summed E-state index contributed by atoms with van der Waals surface area (Å²) in [6.07, 6.45) is 12.5. The van der Waals surface area contributed by atoms with E-state index in [-0.39, 0.29) is 0 Å². The Bertz CT molecular complexity index is 624. The van der Waals surface area contributed by atoms with Gasteiger partial charge in [0.1, 0.15) is 11.3 Å². The molecule has 0 N–H and O–H groups in total. The van der Waals surface area contributed by atoms with Crippen LogP contribution in [0, 0.1) is 5.92 Å². The fourth-order valence-corrected chi connectivity index (χ4v) is 5.26. The van der Waals surface area contributed by atoms with Gasteiger partial charge in [0.2, 0.25) is 0 Å². The maximum Gasteiger partial charge on any atom is 0.160 e. The second kappa shape index (κ2) is 6.61. The van der Waals surface area contributed by atoms with Gasteiger partial charge in [0.25, 0.3) is 0 Å². The van der Waals surface area contributed by atoms with Crippen molar-refractivity contribution >= 4 is 22.9 Å². The lowest BCUT2D eigenvalue weighted by atomic mass is 9.94. The first-order valence-corrected chi connectivity index (χ1v) is 9.97. The van der Waals surface area contributed by atoms with Gasteiger partial charge in [-0.25, -0.2) is 9.97 Å². The van der Waals surface area contributed by atoms with Gasteiger partial charge in [-0.2, -0.15) is 11.8 Å². The number of thioether (sulfide) groups is 1. The average molecular weight is 315 g/mol. The Morgan fingerprint density at radius 1 is 1.09 bits per heavy atom. The number of rotatable bonds is 3. The average Bonchev–Trinajstić information content (AvgIpc) is 2.94. The highest BCUT2D eigenvalue weighted by atomic mass is 32.2. The largest absolute Gasteiger partial charge is 0.310 e. The van der Waals surface area contributed by atoms with Crippen molar-refractivity contribution in [2.75, 3.05) is 11.5 Å². The minimum Gasteiger partial charge on any atom is -0.310 e. The van der Waals surface area contributed by atoms with E-state index in [1.165, 1.54) is 62.3 Å². The van der Waals surface area contributed by atoms with Gasteiger partial charge in [-0.3, -0.25) is 0 Å². The maximum atomic E-state index is 4.98. The molecule has 0 spiro atoms. The molecule has 4 heteroatoms. The standard InChI is InChI=1S/C18H25N3S/c1-2-5-15(6-3-1)21-17(13-14-8-11-22-12-9-14)20-16-7-4-10-19-18(16)21/h4,7,10,14-15H,1-3,5-6,8-9,11-13H2. The lowest BCUT2D eigenvalue weighted by Gasteiger charge is -2.27. The first-order chi connectivity index (χ1) is 10.9. The summed E-state index contributed by atoms with van der Waals surface area (Å²) < 4.78 is 2.51. The number of nitrogens with zero attached hydrogens (tertiary/aromatic N) is 3. The lowest BCUT2D eigenvalue weighted by Crippen LogP contribution is -2.19. The third-order valence-corrected chi connectivity index (χ3v) is 6.32. The predicted molar refractivity (Wildman–Crippen MR) is 93.4 cm³/mol. The molecule has 3 heterocycles. The van der Waals surface area contributed by atoms with E-state index < -0.39 is 0 Å². The SMILES string of the molecule is c1cnc2c(c1)nc(CC1CCSCC1)n2C1CCCCC1. The van der Waals surface area contributed by atoms with E-state index in [9.17, 15) is 0 Å². The van der Waals surface area contributed by atoms with Crippen molar-refractivity contribution in [3.63, 3.8) is 0 Å². The van der Waals surface area contributed by atoms with Crippen molar-refractivity contribution in [3.8, 4) is 0 Å². The van der Waals surface area contributed by atoms with Gasteiger partial charge < -0.3 is 4.57 Å². The van der Waals surface area contributed by atoms with E-state index in [1.54, 1.807) is 0 Å². The van der Waals surface area contributed by atoms with Crippen molar-refractivity contribution in [1.82, 2.24) is 14.5 Å². The molecule has 3 nitrogen and oxygen atoms in total. The summed E-state index contributed by atoms with van der Waals surface area (Å²) in [5.74, 6) is 4.77. The van der Waals surface area contributed by atoms with Crippen LogP contribution < -0.4 is 0 Å². The van der Waals surface area contributed by atoms with E-state index in [4.69, 9.17) is 4.98 Å². The Balaban J connectivity index is 1.68. The molecule has 2 fully saturated rings. The van der Waals surface area contributed by atoms with Crippen LogP contribution in [0.25, 0.3) is 11.2 Å². The molecule has 118 valence electrons. The molecule has 0 amide bonds. The van der Waals surface area contributed by atoms with Crippen LogP contribution in [-0.2, 0) is 6.42 Å². The van der Waals surface area contributed by atoms with E-state index >= 15 is 0 Å². The second-order valence-electron chi connectivity index (χ2n) is 6.80. The molecule has 2 aliphatic rings. The zero-order valence-electron chi connectivity index (χ0n) is 13.2. The van der Waals surface area contributed by atoms with Gasteiger partial charge >= 0.3 is 0 Å². The Kier molecular flexibility index (Phi) is 4.37. The number of hydrogen-bond acceptors (Lipinski definition) is 3. The van der Waals surface area contributed by atoms with Crippen molar-refractivity contribution in [2.24, 2.45) is 5.92 Å². The first-order valence-electron chi connectivity index (χ1n) is 8.81. The van der Waals surface area contributed by atoms with Gasteiger partial charge in [0.15, 0.2) is 5.65 Å². The Labute approximate surface area is 136 Å². The molecule has 0 bridgehead atoms. The van der Waals surface area contributed by atoms with Crippen molar-refractivity contribution in [3.05, 3.63) is 24.2 Å². The van der Waals surface area contributed by atoms with Gasteiger partial charge in [0.05, 0.1) is 0 Å². The molecule has 1 aliphatic heterocycles. The van der Waals surface area contributed by atoms with Crippen LogP contribution in [0.4, 0.5) is 0 Å². The number of aromatic nitrogens is 3. The normalized spacial score (nSPS) is 21.5. The van der Waals surface area contributed by atoms with E-state index in [0.29, 0.717) is 6.04 Å². The molecule has 0 aromatic carbocycles. The van der Waals surface area contributed by atoms with Crippen LogP contribution >= 0.6 is 11.8 Å². The summed E-state index contributed by atoms with van der Waals surface area (Å²) in [6.45, 7) is 0. The molecule has 0 radical (unpaired) electrons. The molecule has 1 saturated carbocycles. The number of imidazole rings is 1. The maximum absolute atomic E-state index is 4.98. The summed E-state index contributed by atoms with van der Waals surface area (Å²) in [7, 11) is 0. The van der Waals surface area contributed by atoms with E-state index in [2.05, 4.69) is 27.4 Å².